The summed E-state index contributed by atoms with van der Waals surface area (Å²) in [5.41, 5.74) is 4.89. The Balaban J connectivity index is 2.19. The molecule has 2 nitrogen and oxygen atoms in total. The molecule has 0 radical (unpaired) electrons. The summed E-state index contributed by atoms with van der Waals surface area (Å²) in [5, 5.41) is 8.76. The topological polar surface area (TPSA) is 24.7 Å². The minimum absolute atomic E-state index is 0.381. The lowest BCUT2D eigenvalue weighted by Crippen LogP contribution is -2.16. The van der Waals surface area contributed by atoms with Crippen molar-refractivity contribution in [3.8, 4) is 0 Å². The standard InChI is InChI=1S/C11H10N2S/c1-6-4-3-5-8-9-11(14-10(6)8)7(2)12-13-9/h3-5,11H,1-2H3. The van der Waals surface area contributed by atoms with E-state index >= 15 is 0 Å². The number of hydrogen-bond acceptors (Lipinski definition) is 3. The van der Waals surface area contributed by atoms with Crippen molar-refractivity contribution in [3.05, 3.63) is 29.3 Å². The van der Waals surface area contributed by atoms with Crippen LogP contribution in [-0.4, -0.2) is 16.7 Å². The summed E-state index contributed by atoms with van der Waals surface area (Å²) in [4.78, 5) is 1.38. The van der Waals surface area contributed by atoms with Gasteiger partial charge in [-0.1, -0.05) is 18.2 Å². The molecule has 1 aromatic rings. The molecule has 0 bridgehead atoms. The molecule has 0 N–H and O–H groups in total. The van der Waals surface area contributed by atoms with Crippen LogP contribution in [0.2, 0.25) is 0 Å². The quantitative estimate of drug-likeness (QED) is 0.634. The highest BCUT2D eigenvalue weighted by Crippen LogP contribution is 2.41. The number of fused-ring (bicyclic) bond motifs is 3. The molecule has 0 aromatic heterocycles. The largest absolute Gasteiger partial charge is 0.158 e. The van der Waals surface area contributed by atoms with Gasteiger partial charge in [-0.3, -0.25) is 0 Å². The SMILES string of the molecule is CC1=NN=C2c3cccc(C)c3SC12. The summed E-state index contributed by atoms with van der Waals surface area (Å²) in [6, 6.07) is 6.38. The van der Waals surface area contributed by atoms with E-state index in [2.05, 4.69) is 42.2 Å². The second kappa shape index (κ2) is 2.70. The molecule has 2 aliphatic rings. The Morgan fingerprint density at radius 3 is 2.93 bits per heavy atom. The van der Waals surface area contributed by atoms with Crippen molar-refractivity contribution in [2.75, 3.05) is 0 Å². The molecule has 1 aromatic carbocycles. The van der Waals surface area contributed by atoms with Gasteiger partial charge in [0.05, 0.1) is 16.7 Å². The molecule has 0 saturated carbocycles. The number of aryl methyl sites for hydroxylation is 1. The van der Waals surface area contributed by atoms with E-state index in [-0.39, 0.29) is 0 Å². The molecule has 1 unspecified atom stereocenters. The number of nitrogens with zero attached hydrogens (tertiary/aromatic N) is 2. The van der Waals surface area contributed by atoms with Crippen LogP contribution in [0.4, 0.5) is 0 Å². The van der Waals surface area contributed by atoms with Crippen LogP contribution in [0.25, 0.3) is 0 Å². The van der Waals surface area contributed by atoms with Crippen molar-refractivity contribution in [2.24, 2.45) is 10.2 Å². The fraction of sp³-hybridized carbons (Fsp3) is 0.273. The molecule has 0 spiro atoms. The maximum atomic E-state index is 4.24. The Bertz CT molecular complexity index is 474. The van der Waals surface area contributed by atoms with Gasteiger partial charge < -0.3 is 0 Å². The third kappa shape index (κ3) is 0.932. The van der Waals surface area contributed by atoms with E-state index in [1.165, 1.54) is 16.0 Å². The Morgan fingerprint density at radius 1 is 1.21 bits per heavy atom. The van der Waals surface area contributed by atoms with Crippen LogP contribution in [0.3, 0.4) is 0 Å². The zero-order chi connectivity index (χ0) is 9.71. The van der Waals surface area contributed by atoms with Gasteiger partial charge in [-0.15, -0.1) is 11.8 Å². The predicted molar refractivity (Wildman–Crippen MR) is 60.5 cm³/mol. The average molecular weight is 202 g/mol. The van der Waals surface area contributed by atoms with Crippen LogP contribution in [0.15, 0.2) is 33.3 Å². The highest BCUT2D eigenvalue weighted by molar-refractivity contribution is 8.02. The molecule has 0 saturated heterocycles. The zero-order valence-electron chi connectivity index (χ0n) is 8.11. The van der Waals surface area contributed by atoms with Crippen molar-refractivity contribution >= 4 is 23.2 Å². The molecular formula is C11H10N2S. The van der Waals surface area contributed by atoms with Crippen molar-refractivity contribution < 1.29 is 0 Å². The van der Waals surface area contributed by atoms with Crippen LogP contribution >= 0.6 is 11.8 Å². The van der Waals surface area contributed by atoms with Gasteiger partial charge in [-0.05, 0) is 19.4 Å². The normalized spacial score (nSPS) is 22.9. The van der Waals surface area contributed by atoms with Gasteiger partial charge in [-0.2, -0.15) is 10.2 Å². The predicted octanol–water partition coefficient (Wildman–Crippen LogP) is 2.65. The van der Waals surface area contributed by atoms with Crippen molar-refractivity contribution in [1.29, 1.82) is 0 Å². The van der Waals surface area contributed by atoms with Crippen LogP contribution in [-0.2, 0) is 0 Å². The van der Waals surface area contributed by atoms with E-state index in [4.69, 9.17) is 0 Å². The number of thioether (sulfide) groups is 1. The van der Waals surface area contributed by atoms with E-state index in [9.17, 15) is 0 Å². The lowest BCUT2D eigenvalue weighted by molar-refractivity contribution is 1.24. The molecule has 3 rings (SSSR count). The van der Waals surface area contributed by atoms with Crippen molar-refractivity contribution in [2.45, 2.75) is 24.0 Å². The lowest BCUT2D eigenvalue weighted by atomic mass is 10.0. The second-order valence-corrected chi connectivity index (χ2v) is 4.79. The molecule has 0 fully saturated rings. The van der Waals surface area contributed by atoms with E-state index in [0.717, 1.165) is 11.4 Å². The first-order valence-corrected chi connectivity index (χ1v) is 5.54. The molecule has 3 heteroatoms. The fourth-order valence-electron chi connectivity index (χ4n) is 1.90. The molecule has 2 heterocycles. The van der Waals surface area contributed by atoms with E-state index < -0.39 is 0 Å². The smallest absolute Gasteiger partial charge is 0.0940 e. The first-order chi connectivity index (χ1) is 6.77. The summed E-state index contributed by atoms with van der Waals surface area (Å²) in [6.45, 7) is 4.20. The van der Waals surface area contributed by atoms with Crippen molar-refractivity contribution in [3.63, 3.8) is 0 Å². The maximum Gasteiger partial charge on any atom is 0.0940 e. The zero-order valence-corrected chi connectivity index (χ0v) is 8.93. The Kier molecular flexibility index (Phi) is 1.59. The van der Waals surface area contributed by atoms with Gasteiger partial charge in [-0.25, -0.2) is 0 Å². The summed E-state index contributed by atoms with van der Waals surface area (Å²) in [6.07, 6.45) is 0. The monoisotopic (exact) mass is 202 g/mol. The molecule has 0 aliphatic carbocycles. The van der Waals surface area contributed by atoms with Crippen LogP contribution in [0.1, 0.15) is 18.1 Å². The highest BCUT2D eigenvalue weighted by atomic mass is 32.2. The summed E-state index contributed by atoms with van der Waals surface area (Å²) < 4.78 is 0. The molecule has 14 heavy (non-hydrogen) atoms. The van der Waals surface area contributed by atoms with Gasteiger partial charge in [0.2, 0.25) is 0 Å². The number of rotatable bonds is 0. The number of benzene rings is 1. The van der Waals surface area contributed by atoms with Crippen LogP contribution in [0.5, 0.6) is 0 Å². The van der Waals surface area contributed by atoms with Crippen molar-refractivity contribution in [1.82, 2.24) is 0 Å². The third-order valence-electron chi connectivity index (χ3n) is 2.67. The Hall–Kier alpha value is -1.09. The van der Waals surface area contributed by atoms with E-state index in [0.29, 0.717) is 5.25 Å². The van der Waals surface area contributed by atoms with Gasteiger partial charge in [0, 0.05) is 10.5 Å². The average Bonchev–Trinajstić information content (AvgIpc) is 2.69. The number of hydrogen-bond donors (Lipinski definition) is 0. The summed E-state index contributed by atoms with van der Waals surface area (Å²) >= 11 is 1.88. The fourth-order valence-corrected chi connectivity index (χ4v) is 3.19. The molecule has 70 valence electrons. The van der Waals surface area contributed by atoms with Gasteiger partial charge in [0.1, 0.15) is 0 Å². The molecular weight excluding hydrogens is 192 g/mol. The van der Waals surface area contributed by atoms with E-state index in [1.54, 1.807) is 0 Å². The molecule has 1 atom stereocenters. The highest BCUT2D eigenvalue weighted by Gasteiger charge is 2.35. The van der Waals surface area contributed by atoms with Gasteiger partial charge in [0.15, 0.2) is 0 Å². The van der Waals surface area contributed by atoms with Crippen LogP contribution < -0.4 is 0 Å². The first kappa shape index (κ1) is 8.24. The molecule has 2 aliphatic heterocycles. The maximum absolute atomic E-state index is 4.24. The minimum Gasteiger partial charge on any atom is -0.158 e. The Morgan fingerprint density at radius 2 is 2.07 bits per heavy atom. The van der Waals surface area contributed by atoms with Gasteiger partial charge >= 0.3 is 0 Å². The van der Waals surface area contributed by atoms with E-state index in [1.807, 2.05) is 11.8 Å². The van der Waals surface area contributed by atoms with Gasteiger partial charge in [0.25, 0.3) is 0 Å². The minimum atomic E-state index is 0.381. The summed E-state index contributed by atoms with van der Waals surface area (Å²) in [5.74, 6) is 0. The summed E-state index contributed by atoms with van der Waals surface area (Å²) in [7, 11) is 0. The first-order valence-electron chi connectivity index (χ1n) is 4.66. The second-order valence-electron chi connectivity index (χ2n) is 3.68. The lowest BCUT2D eigenvalue weighted by Gasteiger charge is -2.01. The van der Waals surface area contributed by atoms with Crippen LogP contribution in [0, 0.1) is 6.92 Å². The molecule has 0 amide bonds. The Labute approximate surface area is 87.1 Å². The third-order valence-corrected chi connectivity index (χ3v) is 4.24.